The van der Waals surface area contributed by atoms with E-state index in [2.05, 4.69) is 15.0 Å². The van der Waals surface area contributed by atoms with Crippen LogP contribution in [0.15, 0.2) is 66.0 Å². The Morgan fingerprint density at radius 3 is 2.38 bits per heavy atom. The van der Waals surface area contributed by atoms with Gasteiger partial charge in [-0.05, 0) is 42.7 Å². The maximum atomic E-state index is 14.8. The first-order valence-corrected chi connectivity index (χ1v) is 15.9. The third-order valence-corrected chi connectivity index (χ3v) is 9.24. The molecule has 0 aliphatic carbocycles. The summed E-state index contributed by atoms with van der Waals surface area (Å²) >= 11 is 0. The van der Waals surface area contributed by atoms with Gasteiger partial charge >= 0.3 is 11.3 Å². The summed E-state index contributed by atoms with van der Waals surface area (Å²) in [6.07, 6.45) is 4.35. The number of sulfone groups is 1. The summed E-state index contributed by atoms with van der Waals surface area (Å²) in [6, 6.07) is 9.01. The van der Waals surface area contributed by atoms with E-state index < -0.39 is 72.0 Å². The Labute approximate surface area is 279 Å². The summed E-state index contributed by atoms with van der Waals surface area (Å²) < 4.78 is 79.2. The maximum Gasteiger partial charge on any atom is 0.390 e. The highest BCUT2D eigenvalue weighted by Crippen LogP contribution is 2.43. The average Bonchev–Trinajstić information content (AvgIpc) is 3.76. The van der Waals surface area contributed by atoms with Crippen molar-refractivity contribution in [3.05, 3.63) is 89.6 Å². The van der Waals surface area contributed by atoms with Gasteiger partial charge in [-0.2, -0.15) is 4.39 Å². The summed E-state index contributed by atoms with van der Waals surface area (Å²) in [7, 11) is -5.50. The number of para-hydroxylation sites is 1. The molecule has 0 amide bonds. The Bertz CT molecular complexity index is 2140. The smallest absolute Gasteiger partial charge is 0.390 e. The lowest BCUT2D eigenvalue weighted by Crippen LogP contribution is -2.38. The molecule has 266 valence electrons. The fourth-order valence-electron chi connectivity index (χ4n) is 5.28. The van der Waals surface area contributed by atoms with Crippen LogP contribution in [0.5, 0.6) is 17.2 Å². The number of hydrogen-bond acceptors (Lipinski definition) is 12. The molecule has 1 unspecified atom stereocenters. The normalized spacial score (nSPS) is 14.8. The highest BCUT2D eigenvalue weighted by atomic mass is 32.2. The Kier molecular flexibility index (Phi) is 9.94. The van der Waals surface area contributed by atoms with Crippen LogP contribution < -0.4 is 9.47 Å². The highest BCUT2D eigenvalue weighted by molar-refractivity contribution is 7.92. The molecule has 1 aliphatic heterocycles. The van der Waals surface area contributed by atoms with Gasteiger partial charge in [0.1, 0.15) is 28.0 Å². The molecule has 6 rings (SSSR count). The molecule has 5 aromatic rings. The van der Waals surface area contributed by atoms with Crippen LogP contribution in [0.25, 0.3) is 22.3 Å². The number of nitrogens with one attached hydrogen (secondary N) is 2. The number of carboxylic acids is 1. The van der Waals surface area contributed by atoms with Gasteiger partial charge in [-0.15, -0.1) is 0 Å². The standard InChI is InChI=1S/C18H12F3N3O6S.C13H16O6/c19-11-2-1-8(7-10(11)17-23-5-6-24-17)30-15-13(21)12(20)14-9(3-4-22-14)16(15)31(28,29)18(25,26)27;14-11(15)5-4-8-2-1-3-9-10(13(16,17)18)6-7-19-12(8)9/h1-7,22,25-27H,(H,23,24);1-3,10,16-18H,4-7H2,(H,14,15). The monoisotopic (exact) mass is 723 g/mol. The molecule has 2 aromatic heterocycles. The Balaban J connectivity index is 0.000000219. The number of H-pyrrole nitrogens is 2. The number of fused-ring (bicyclic) bond motifs is 2. The SMILES string of the molecule is O=C(O)CCc1cccc2c1OCCC2C(O)(O)O.O=S(=O)(c1c(Oc2ccc(F)c(-c3ncc[nH]3)c2)c(F)c(F)c2[nH]ccc12)C(O)(O)O. The van der Waals surface area contributed by atoms with Gasteiger partial charge in [-0.25, -0.2) is 22.2 Å². The Morgan fingerprint density at radius 2 is 1.74 bits per heavy atom. The first-order chi connectivity index (χ1) is 23.4. The van der Waals surface area contributed by atoms with Gasteiger partial charge in [-0.3, -0.25) is 4.79 Å². The molecular weight excluding hydrogens is 695 g/mol. The van der Waals surface area contributed by atoms with Crippen LogP contribution in [0.2, 0.25) is 0 Å². The van der Waals surface area contributed by atoms with Crippen molar-refractivity contribution in [2.45, 2.75) is 41.4 Å². The number of benzene rings is 3. The van der Waals surface area contributed by atoms with Crippen molar-refractivity contribution >= 4 is 26.7 Å². The van der Waals surface area contributed by atoms with Gasteiger partial charge in [0, 0.05) is 36.0 Å². The predicted octanol–water partition coefficient (Wildman–Crippen LogP) is 2.33. The minimum Gasteiger partial charge on any atom is -0.493 e. The number of imidazole rings is 1. The second-order valence-corrected chi connectivity index (χ2v) is 12.9. The molecule has 3 heterocycles. The number of carboxylic acid groups (broad SMARTS) is 1. The molecule has 19 heteroatoms. The van der Waals surface area contributed by atoms with Crippen LogP contribution in [0, 0.1) is 17.5 Å². The molecule has 50 heavy (non-hydrogen) atoms. The lowest BCUT2D eigenvalue weighted by atomic mass is 9.88. The number of ether oxygens (including phenoxy) is 2. The number of aliphatic hydroxyl groups is 6. The van der Waals surface area contributed by atoms with E-state index in [9.17, 15) is 57.0 Å². The average molecular weight is 724 g/mol. The molecule has 0 bridgehead atoms. The quantitative estimate of drug-likeness (QED) is 0.0783. The van der Waals surface area contributed by atoms with Gasteiger partial charge in [0.05, 0.1) is 23.6 Å². The first-order valence-electron chi connectivity index (χ1n) is 14.4. The van der Waals surface area contributed by atoms with Gasteiger partial charge < -0.3 is 55.2 Å². The summed E-state index contributed by atoms with van der Waals surface area (Å²) in [4.78, 5) is 18.2. The van der Waals surface area contributed by atoms with Gasteiger partial charge in [0.15, 0.2) is 11.6 Å². The van der Waals surface area contributed by atoms with Crippen LogP contribution in [0.4, 0.5) is 13.2 Å². The number of rotatable bonds is 9. The van der Waals surface area contributed by atoms with E-state index in [1.807, 2.05) is 0 Å². The molecule has 9 N–H and O–H groups in total. The Hall–Kier alpha value is -5.02. The van der Waals surface area contributed by atoms with E-state index in [0.29, 0.717) is 23.3 Å². The zero-order chi connectivity index (χ0) is 36.6. The van der Waals surface area contributed by atoms with Crippen molar-refractivity contribution in [2.75, 3.05) is 6.61 Å². The van der Waals surface area contributed by atoms with Crippen molar-refractivity contribution in [1.29, 1.82) is 0 Å². The topological polar surface area (TPSA) is 256 Å². The number of aliphatic carboxylic acids is 1. The number of carbonyl (C=O) groups is 1. The minimum absolute atomic E-state index is 0.0347. The van der Waals surface area contributed by atoms with Crippen molar-refractivity contribution < 1.29 is 71.6 Å². The van der Waals surface area contributed by atoms with Crippen LogP contribution in [-0.2, 0) is 21.1 Å². The van der Waals surface area contributed by atoms with Crippen molar-refractivity contribution in [3.63, 3.8) is 0 Å². The van der Waals surface area contributed by atoms with Crippen molar-refractivity contribution in [1.82, 2.24) is 15.0 Å². The number of aryl methyl sites for hydroxylation is 1. The summed E-state index contributed by atoms with van der Waals surface area (Å²) in [5.74, 6) is -9.74. The van der Waals surface area contributed by atoms with Crippen molar-refractivity contribution in [3.8, 4) is 28.6 Å². The van der Waals surface area contributed by atoms with E-state index >= 15 is 0 Å². The molecule has 15 nitrogen and oxygen atoms in total. The lowest BCUT2D eigenvalue weighted by Gasteiger charge is -2.32. The molecule has 0 spiro atoms. The van der Waals surface area contributed by atoms with Gasteiger partial charge in [-0.1, -0.05) is 18.2 Å². The Morgan fingerprint density at radius 1 is 1.00 bits per heavy atom. The van der Waals surface area contributed by atoms with E-state index in [1.54, 1.807) is 18.2 Å². The van der Waals surface area contributed by atoms with Crippen LogP contribution >= 0.6 is 0 Å². The number of nitrogens with zero attached hydrogens (tertiary/aromatic N) is 1. The number of halogens is 3. The molecule has 0 saturated carbocycles. The molecule has 0 saturated heterocycles. The number of aromatic nitrogens is 3. The molecule has 1 aliphatic rings. The van der Waals surface area contributed by atoms with E-state index in [0.717, 1.165) is 30.5 Å². The molecule has 0 fully saturated rings. The lowest BCUT2D eigenvalue weighted by molar-refractivity contribution is -0.327. The molecular formula is C31H28F3N3O12S. The fourth-order valence-corrected chi connectivity index (χ4v) is 6.39. The zero-order valence-electron chi connectivity index (χ0n) is 25.3. The summed E-state index contributed by atoms with van der Waals surface area (Å²) in [5, 5.41) is 59.9. The summed E-state index contributed by atoms with van der Waals surface area (Å²) in [5.41, 5.74) is 0.426. The summed E-state index contributed by atoms with van der Waals surface area (Å²) in [6.45, 7) is 0.241. The zero-order valence-corrected chi connectivity index (χ0v) is 26.2. The number of hydrogen-bond donors (Lipinski definition) is 9. The largest absolute Gasteiger partial charge is 0.493 e. The third-order valence-electron chi connectivity index (χ3n) is 7.58. The van der Waals surface area contributed by atoms with E-state index in [4.69, 9.17) is 14.6 Å². The maximum absolute atomic E-state index is 14.8. The second kappa shape index (κ2) is 13.7. The van der Waals surface area contributed by atoms with E-state index in [-0.39, 0.29) is 36.6 Å². The van der Waals surface area contributed by atoms with Gasteiger partial charge in [0.2, 0.25) is 5.82 Å². The highest BCUT2D eigenvalue weighted by Gasteiger charge is 2.45. The number of aromatic amines is 2. The molecule has 3 aromatic carbocycles. The van der Waals surface area contributed by atoms with Crippen LogP contribution in [-0.4, -0.2) is 83.0 Å². The minimum atomic E-state index is -5.50. The molecule has 1 atom stereocenters. The van der Waals surface area contributed by atoms with Crippen LogP contribution in [0.3, 0.4) is 0 Å². The second-order valence-electron chi connectivity index (χ2n) is 10.9. The third kappa shape index (κ3) is 7.14. The molecule has 0 radical (unpaired) electrons. The first kappa shape index (κ1) is 36.3. The fraction of sp³-hybridized carbons (Fsp3) is 0.226. The van der Waals surface area contributed by atoms with Crippen LogP contribution in [0.1, 0.15) is 29.9 Å². The van der Waals surface area contributed by atoms with Gasteiger partial charge in [0.25, 0.3) is 15.8 Å². The predicted molar refractivity (Wildman–Crippen MR) is 163 cm³/mol. The van der Waals surface area contributed by atoms with Crippen molar-refractivity contribution in [2.24, 2.45) is 0 Å². The van der Waals surface area contributed by atoms with E-state index in [1.165, 1.54) is 12.4 Å².